The molecule has 2 aromatic rings. The summed E-state index contributed by atoms with van der Waals surface area (Å²) in [5.74, 6) is 0.219. The van der Waals surface area contributed by atoms with E-state index in [2.05, 4.69) is 9.98 Å². The number of hydrogen-bond donors (Lipinski definition) is 1. The topological polar surface area (TPSA) is 71.8 Å². The van der Waals surface area contributed by atoms with Gasteiger partial charge in [0, 0.05) is 0 Å². The average Bonchev–Trinajstić information content (AvgIpc) is 2.91. The number of aromatic hydroxyl groups is 1. The maximum Gasteiger partial charge on any atom is 0.295 e. The van der Waals surface area contributed by atoms with E-state index in [1.807, 2.05) is 13.8 Å². The van der Waals surface area contributed by atoms with E-state index >= 15 is 0 Å². The summed E-state index contributed by atoms with van der Waals surface area (Å²) in [6.45, 7) is 4.37. The number of aliphatic imine (C=N–C) groups is 1. The largest absolute Gasteiger partial charge is 0.508 e. The van der Waals surface area contributed by atoms with Crippen molar-refractivity contribution in [2.24, 2.45) is 4.99 Å². The lowest BCUT2D eigenvalue weighted by Crippen LogP contribution is -2.29. The molecular weight excluding hydrogens is 296 g/mol. The smallest absolute Gasteiger partial charge is 0.295 e. The summed E-state index contributed by atoms with van der Waals surface area (Å²) >= 11 is 3.00. The minimum Gasteiger partial charge on any atom is -0.508 e. The van der Waals surface area contributed by atoms with Gasteiger partial charge in [-0.25, -0.2) is 9.98 Å². The molecule has 1 unspecified atom stereocenters. The third-order valence-electron chi connectivity index (χ3n) is 2.93. The molecule has 0 aliphatic carbocycles. The Hall–Kier alpha value is -1.60. The second kappa shape index (κ2) is 4.75. The highest BCUT2D eigenvalue weighted by molar-refractivity contribution is 8.16. The second-order valence-electron chi connectivity index (χ2n) is 4.90. The molecule has 1 N–H and O–H groups in total. The zero-order chi connectivity index (χ0) is 14.3. The third-order valence-corrected chi connectivity index (χ3v) is 5.30. The van der Waals surface area contributed by atoms with Crippen LogP contribution in [-0.2, 0) is 9.53 Å². The van der Waals surface area contributed by atoms with Crippen molar-refractivity contribution in [3.05, 3.63) is 23.2 Å². The summed E-state index contributed by atoms with van der Waals surface area (Å²) in [5.41, 5.74) is 0.823. The first-order valence-electron chi connectivity index (χ1n) is 5.95. The fourth-order valence-electron chi connectivity index (χ4n) is 1.94. The minimum absolute atomic E-state index is 0.219. The van der Waals surface area contributed by atoms with Crippen LogP contribution in [0.3, 0.4) is 0 Å². The van der Waals surface area contributed by atoms with Gasteiger partial charge in [0.2, 0.25) is 6.23 Å². The van der Waals surface area contributed by atoms with Crippen LogP contribution in [0.2, 0.25) is 0 Å². The summed E-state index contributed by atoms with van der Waals surface area (Å²) in [6.07, 6.45) is -0.500. The van der Waals surface area contributed by atoms with Gasteiger partial charge in [0.1, 0.15) is 15.8 Å². The summed E-state index contributed by atoms with van der Waals surface area (Å²) in [4.78, 5) is 19.5. The number of ether oxygens (including phenoxy) is 1. The number of carbonyl (C=O) groups is 1. The number of aromatic nitrogens is 1. The van der Waals surface area contributed by atoms with Gasteiger partial charge in [-0.2, -0.15) is 0 Å². The molecule has 0 fully saturated rings. The maximum atomic E-state index is 10.5. The predicted octanol–water partition coefficient (Wildman–Crippen LogP) is 2.77. The molecule has 0 radical (unpaired) electrons. The van der Waals surface area contributed by atoms with E-state index in [0.29, 0.717) is 6.47 Å². The molecule has 1 aromatic carbocycles. The number of benzene rings is 1. The highest BCUT2D eigenvalue weighted by atomic mass is 32.2. The molecule has 3 rings (SSSR count). The van der Waals surface area contributed by atoms with Gasteiger partial charge in [-0.05, 0) is 32.0 Å². The van der Waals surface area contributed by atoms with Crippen LogP contribution in [0.15, 0.2) is 23.2 Å². The van der Waals surface area contributed by atoms with Crippen molar-refractivity contribution >= 4 is 44.8 Å². The fraction of sp³-hybridized carbons (Fsp3) is 0.308. The van der Waals surface area contributed by atoms with Crippen molar-refractivity contribution in [1.82, 2.24) is 4.98 Å². The Bertz CT molecular complexity index is 709. The minimum atomic E-state index is -0.500. The van der Waals surface area contributed by atoms with Crippen LogP contribution in [0.5, 0.6) is 5.75 Å². The monoisotopic (exact) mass is 308 g/mol. The van der Waals surface area contributed by atoms with Crippen LogP contribution in [0, 0.1) is 0 Å². The van der Waals surface area contributed by atoms with Gasteiger partial charge in [0.15, 0.2) is 0 Å². The van der Waals surface area contributed by atoms with Crippen LogP contribution >= 0.6 is 23.1 Å². The Morgan fingerprint density at radius 1 is 1.45 bits per heavy atom. The summed E-state index contributed by atoms with van der Waals surface area (Å²) in [5, 5.41) is 11.0. The quantitative estimate of drug-likeness (QED) is 0.883. The van der Waals surface area contributed by atoms with Crippen molar-refractivity contribution < 1.29 is 14.6 Å². The van der Waals surface area contributed by atoms with Crippen LogP contribution in [-0.4, -0.2) is 32.6 Å². The van der Waals surface area contributed by atoms with E-state index in [0.717, 1.165) is 20.3 Å². The van der Waals surface area contributed by atoms with Crippen LogP contribution in [0.1, 0.15) is 18.9 Å². The number of nitrogens with zero attached hydrogens (tertiary/aromatic N) is 2. The Balaban J connectivity index is 1.99. The molecule has 1 atom stereocenters. The summed E-state index contributed by atoms with van der Waals surface area (Å²) in [6, 6.07) is 5.06. The molecule has 2 heterocycles. The highest BCUT2D eigenvalue weighted by Gasteiger charge is 2.40. The molecule has 0 bridgehead atoms. The Labute approximate surface area is 123 Å². The molecule has 0 saturated carbocycles. The van der Waals surface area contributed by atoms with E-state index in [4.69, 9.17) is 4.74 Å². The van der Waals surface area contributed by atoms with Crippen molar-refractivity contribution in [1.29, 1.82) is 0 Å². The molecule has 0 saturated heterocycles. The molecular formula is C13H12N2O3S2. The lowest BCUT2D eigenvalue weighted by molar-refractivity contribution is -0.134. The Morgan fingerprint density at radius 3 is 3.00 bits per heavy atom. The van der Waals surface area contributed by atoms with Crippen molar-refractivity contribution in [3.8, 4) is 5.75 Å². The van der Waals surface area contributed by atoms with E-state index in [1.165, 1.54) is 23.1 Å². The molecule has 1 aliphatic heterocycles. The van der Waals surface area contributed by atoms with Crippen molar-refractivity contribution in [2.45, 2.75) is 24.8 Å². The van der Waals surface area contributed by atoms with E-state index in [-0.39, 0.29) is 10.5 Å². The van der Waals surface area contributed by atoms with E-state index < -0.39 is 6.23 Å². The average molecular weight is 308 g/mol. The Kier molecular flexibility index (Phi) is 3.18. The van der Waals surface area contributed by atoms with Gasteiger partial charge in [-0.15, -0.1) is 11.3 Å². The number of phenolic OH excluding ortho intramolecular Hbond substituents is 1. The van der Waals surface area contributed by atoms with Crippen LogP contribution in [0.25, 0.3) is 10.2 Å². The van der Waals surface area contributed by atoms with Gasteiger partial charge in [-0.1, -0.05) is 11.8 Å². The zero-order valence-corrected chi connectivity index (χ0v) is 12.5. The van der Waals surface area contributed by atoms with E-state index in [9.17, 15) is 9.90 Å². The molecule has 1 aromatic heterocycles. The van der Waals surface area contributed by atoms with Crippen LogP contribution < -0.4 is 0 Å². The SMILES string of the molecule is CC1(C)SC(c2nc3ccc(O)cc3s2)=NC1OC=O. The van der Waals surface area contributed by atoms with Crippen LogP contribution in [0.4, 0.5) is 0 Å². The number of fused-ring (bicyclic) bond motifs is 1. The molecule has 7 heteroatoms. The summed E-state index contributed by atoms with van der Waals surface area (Å²) in [7, 11) is 0. The highest BCUT2D eigenvalue weighted by Crippen LogP contribution is 2.41. The van der Waals surface area contributed by atoms with Crippen molar-refractivity contribution in [3.63, 3.8) is 0 Å². The molecule has 5 nitrogen and oxygen atoms in total. The lowest BCUT2D eigenvalue weighted by atomic mass is 10.2. The maximum absolute atomic E-state index is 10.5. The molecule has 0 amide bonds. The molecule has 20 heavy (non-hydrogen) atoms. The number of phenols is 1. The molecule has 1 aliphatic rings. The first kappa shape index (κ1) is 13.4. The second-order valence-corrected chi connectivity index (χ2v) is 7.57. The van der Waals surface area contributed by atoms with Crippen molar-refractivity contribution in [2.75, 3.05) is 0 Å². The predicted molar refractivity (Wildman–Crippen MR) is 80.4 cm³/mol. The van der Waals surface area contributed by atoms with E-state index in [1.54, 1.807) is 18.2 Å². The summed E-state index contributed by atoms with van der Waals surface area (Å²) < 4.78 is 5.61. The molecule has 104 valence electrons. The van der Waals surface area contributed by atoms with Gasteiger partial charge >= 0.3 is 0 Å². The fourth-order valence-corrected chi connectivity index (χ4v) is 4.07. The number of carbonyl (C=O) groups excluding carboxylic acids is 1. The first-order valence-corrected chi connectivity index (χ1v) is 7.59. The first-order chi connectivity index (χ1) is 9.49. The Morgan fingerprint density at radius 2 is 2.25 bits per heavy atom. The lowest BCUT2D eigenvalue weighted by Gasteiger charge is -2.21. The number of rotatable bonds is 3. The number of hydrogen-bond acceptors (Lipinski definition) is 7. The number of thioether (sulfide) groups is 1. The third kappa shape index (κ3) is 2.27. The van der Waals surface area contributed by atoms with Gasteiger partial charge in [-0.3, -0.25) is 4.79 Å². The van der Waals surface area contributed by atoms with Gasteiger partial charge < -0.3 is 9.84 Å². The normalized spacial score (nSPS) is 20.9. The standard InChI is InChI=1S/C13H12N2O3S2/c1-13(2)12(18-6-16)15-11(20-13)10-14-8-4-3-7(17)5-9(8)19-10/h3-6,12,17H,1-2H3. The van der Waals surface area contributed by atoms with Gasteiger partial charge in [0.05, 0.1) is 15.0 Å². The zero-order valence-electron chi connectivity index (χ0n) is 10.9. The molecule has 0 spiro atoms. The van der Waals surface area contributed by atoms with Gasteiger partial charge in [0.25, 0.3) is 6.47 Å². The number of thiazole rings is 1.